The van der Waals surface area contributed by atoms with Crippen molar-refractivity contribution in [3.05, 3.63) is 47.0 Å². The fraction of sp³-hybridized carbons (Fsp3) is 0.429. The van der Waals surface area contributed by atoms with Gasteiger partial charge in [0.2, 0.25) is 0 Å². The third-order valence-electron chi connectivity index (χ3n) is 3.29. The van der Waals surface area contributed by atoms with E-state index in [4.69, 9.17) is 0 Å². The lowest BCUT2D eigenvalue weighted by atomic mass is 9.99. The van der Waals surface area contributed by atoms with Gasteiger partial charge < -0.3 is 5.32 Å². The van der Waals surface area contributed by atoms with Crippen LogP contribution in [0.3, 0.4) is 0 Å². The zero-order valence-electron chi connectivity index (χ0n) is 12.1. The Bertz CT molecular complexity index is 619. The monoisotopic (exact) mass is 298 g/mol. The summed E-state index contributed by atoms with van der Waals surface area (Å²) in [6.07, 6.45) is -2.01. The zero-order valence-corrected chi connectivity index (χ0v) is 12.1. The van der Waals surface area contributed by atoms with Crippen molar-refractivity contribution in [3.8, 4) is 0 Å². The molecule has 0 saturated carbocycles. The smallest absolute Gasteiger partial charge is 0.308 e. The number of hydrogen-bond donors (Lipinski definition) is 1. The van der Waals surface area contributed by atoms with E-state index in [1.165, 1.54) is 6.20 Å². The number of hydrogen-bond acceptors (Lipinski definition) is 3. The molecule has 0 aliphatic heterocycles. The van der Waals surface area contributed by atoms with Gasteiger partial charge in [0.05, 0.1) is 23.0 Å². The molecule has 0 saturated heterocycles. The Morgan fingerprint density at radius 1 is 1.38 bits per heavy atom. The van der Waals surface area contributed by atoms with Crippen molar-refractivity contribution in [3.63, 3.8) is 0 Å². The van der Waals surface area contributed by atoms with Crippen molar-refractivity contribution in [2.45, 2.75) is 32.6 Å². The molecule has 114 valence electrons. The number of alkyl halides is 3. The van der Waals surface area contributed by atoms with Crippen molar-refractivity contribution in [2.75, 3.05) is 7.05 Å². The molecule has 1 N–H and O–H groups in total. The molecule has 0 bridgehead atoms. The molecule has 0 spiro atoms. The molecular weight excluding hydrogens is 281 g/mol. The van der Waals surface area contributed by atoms with Crippen molar-refractivity contribution in [1.29, 1.82) is 0 Å². The van der Waals surface area contributed by atoms with E-state index in [1.54, 1.807) is 17.8 Å². The van der Waals surface area contributed by atoms with Crippen molar-refractivity contribution in [2.24, 2.45) is 0 Å². The highest BCUT2D eigenvalue weighted by Crippen LogP contribution is 2.36. The normalized spacial score (nSPS) is 13.4. The maximum absolute atomic E-state index is 13.2. The second kappa shape index (κ2) is 5.85. The van der Waals surface area contributed by atoms with Crippen LogP contribution in [0.2, 0.25) is 0 Å². The molecule has 21 heavy (non-hydrogen) atoms. The number of aryl methyl sites for hydroxylation is 2. The van der Waals surface area contributed by atoms with Gasteiger partial charge >= 0.3 is 6.18 Å². The summed E-state index contributed by atoms with van der Waals surface area (Å²) in [5, 5.41) is 7.22. The highest BCUT2D eigenvalue weighted by molar-refractivity contribution is 5.35. The predicted octanol–water partition coefficient (Wildman–Crippen LogP) is 2.93. The quantitative estimate of drug-likeness (QED) is 0.943. The van der Waals surface area contributed by atoms with Crippen LogP contribution in [0.5, 0.6) is 0 Å². The molecule has 0 aliphatic rings. The maximum atomic E-state index is 13.2. The van der Waals surface area contributed by atoms with E-state index >= 15 is 0 Å². The summed E-state index contributed by atoms with van der Waals surface area (Å²) in [6.45, 7) is 4.30. The van der Waals surface area contributed by atoms with E-state index in [1.807, 2.05) is 13.8 Å². The molecule has 2 rings (SSSR count). The van der Waals surface area contributed by atoms with Gasteiger partial charge in [-0.3, -0.25) is 9.67 Å². The number of nitrogens with one attached hydrogen (secondary N) is 1. The summed E-state index contributed by atoms with van der Waals surface area (Å²) in [5.41, 5.74) is 0.876. The molecule has 7 heteroatoms. The van der Waals surface area contributed by atoms with Crippen LogP contribution in [-0.2, 0) is 12.7 Å². The SMILES string of the molecule is CCn1nc(C)cc1C(NC)c1cnccc1C(F)(F)F. The van der Waals surface area contributed by atoms with Gasteiger partial charge in [-0.05, 0) is 33.0 Å². The minimum atomic E-state index is -4.42. The van der Waals surface area contributed by atoms with Gasteiger partial charge in [0.15, 0.2) is 0 Å². The molecule has 0 aliphatic carbocycles. The molecule has 0 fully saturated rings. The Morgan fingerprint density at radius 3 is 2.67 bits per heavy atom. The van der Waals surface area contributed by atoms with Crippen LogP contribution < -0.4 is 5.32 Å². The van der Waals surface area contributed by atoms with Gasteiger partial charge in [-0.15, -0.1) is 0 Å². The number of halogens is 3. The lowest BCUT2D eigenvalue weighted by Gasteiger charge is -2.21. The van der Waals surface area contributed by atoms with Crippen LogP contribution in [0.15, 0.2) is 24.5 Å². The number of aromatic nitrogens is 3. The standard InChI is InChI=1S/C14H17F3N4/c1-4-21-12(7-9(2)20-21)13(18-3)10-8-19-6-5-11(10)14(15,16)17/h5-8,13,18H,4H2,1-3H3. The predicted molar refractivity (Wildman–Crippen MR) is 72.8 cm³/mol. The number of rotatable bonds is 4. The van der Waals surface area contributed by atoms with E-state index in [0.29, 0.717) is 12.2 Å². The molecular formula is C14H17F3N4. The van der Waals surface area contributed by atoms with Crippen LogP contribution in [0, 0.1) is 6.92 Å². The Morgan fingerprint density at radius 2 is 2.10 bits per heavy atom. The summed E-state index contributed by atoms with van der Waals surface area (Å²) >= 11 is 0. The van der Waals surface area contributed by atoms with Gasteiger partial charge in [0.1, 0.15) is 0 Å². The first-order valence-electron chi connectivity index (χ1n) is 6.61. The second-order valence-corrected chi connectivity index (χ2v) is 4.71. The third kappa shape index (κ3) is 3.07. The molecule has 2 heterocycles. The average Bonchev–Trinajstić information content (AvgIpc) is 2.80. The van der Waals surface area contributed by atoms with Crippen LogP contribution >= 0.6 is 0 Å². The van der Waals surface area contributed by atoms with Gasteiger partial charge in [-0.2, -0.15) is 18.3 Å². The first-order chi connectivity index (χ1) is 9.88. The Labute approximate surface area is 121 Å². The molecule has 0 amide bonds. The Kier molecular flexibility index (Phi) is 4.32. The van der Waals surface area contributed by atoms with Crippen LogP contribution in [0.1, 0.15) is 35.5 Å². The largest absolute Gasteiger partial charge is 0.416 e. The molecule has 0 radical (unpaired) electrons. The van der Waals surface area contributed by atoms with E-state index in [0.717, 1.165) is 18.0 Å². The van der Waals surface area contributed by atoms with Crippen molar-refractivity contribution < 1.29 is 13.2 Å². The van der Waals surface area contributed by atoms with Gasteiger partial charge in [0, 0.05) is 24.5 Å². The summed E-state index contributed by atoms with van der Waals surface area (Å²) < 4.78 is 41.2. The van der Waals surface area contributed by atoms with Gasteiger partial charge in [-0.25, -0.2) is 0 Å². The Hall–Kier alpha value is -1.89. The summed E-state index contributed by atoms with van der Waals surface area (Å²) in [6, 6.07) is 2.17. The maximum Gasteiger partial charge on any atom is 0.416 e. The minimum absolute atomic E-state index is 0.0992. The van der Waals surface area contributed by atoms with E-state index in [9.17, 15) is 13.2 Å². The topological polar surface area (TPSA) is 42.7 Å². The summed E-state index contributed by atoms with van der Waals surface area (Å²) in [4.78, 5) is 3.85. The van der Waals surface area contributed by atoms with Gasteiger partial charge in [-0.1, -0.05) is 0 Å². The van der Waals surface area contributed by atoms with Crippen molar-refractivity contribution in [1.82, 2.24) is 20.1 Å². The lowest BCUT2D eigenvalue weighted by Crippen LogP contribution is -2.24. The van der Waals surface area contributed by atoms with Crippen molar-refractivity contribution >= 4 is 0 Å². The fourth-order valence-electron chi connectivity index (χ4n) is 2.41. The molecule has 0 aromatic carbocycles. The number of nitrogens with zero attached hydrogens (tertiary/aromatic N) is 3. The third-order valence-corrected chi connectivity index (χ3v) is 3.29. The van der Waals surface area contributed by atoms with Crippen LogP contribution in [-0.4, -0.2) is 21.8 Å². The number of pyridine rings is 1. The summed E-state index contributed by atoms with van der Waals surface area (Å²) in [7, 11) is 1.63. The van der Waals surface area contributed by atoms with E-state index < -0.39 is 17.8 Å². The molecule has 2 aromatic heterocycles. The molecule has 4 nitrogen and oxygen atoms in total. The lowest BCUT2D eigenvalue weighted by molar-refractivity contribution is -0.138. The zero-order chi connectivity index (χ0) is 15.6. The second-order valence-electron chi connectivity index (χ2n) is 4.71. The highest BCUT2D eigenvalue weighted by Gasteiger charge is 2.36. The fourth-order valence-corrected chi connectivity index (χ4v) is 2.41. The molecule has 1 atom stereocenters. The first kappa shape index (κ1) is 15.5. The first-order valence-corrected chi connectivity index (χ1v) is 6.61. The highest BCUT2D eigenvalue weighted by atomic mass is 19.4. The minimum Gasteiger partial charge on any atom is -0.308 e. The average molecular weight is 298 g/mol. The van der Waals surface area contributed by atoms with Gasteiger partial charge in [0.25, 0.3) is 0 Å². The van der Waals surface area contributed by atoms with Crippen LogP contribution in [0.25, 0.3) is 0 Å². The molecule has 1 unspecified atom stereocenters. The summed E-state index contributed by atoms with van der Waals surface area (Å²) in [5.74, 6) is 0. The van der Waals surface area contributed by atoms with E-state index in [-0.39, 0.29) is 5.56 Å². The Balaban J connectivity index is 2.57. The van der Waals surface area contributed by atoms with E-state index in [2.05, 4.69) is 15.4 Å². The van der Waals surface area contributed by atoms with Crippen LogP contribution in [0.4, 0.5) is 13.2 Å². The molecule has 2 aromatic rings.